The number of aromatic nitrogens is 1. The highest BCUT2D eigenvalue weighted by atomic mass is 32.1. The van der Waals surface area contributed by atoms with Crippen LogP contribution in [0.3, 0.4) is 0 Å². The van der Waals surface area contributed by atoms with Crippen molar-refractivity contribution in [1.82, 2.24) is 4.98 Å². The van der Waals surface area contributed by atoms with Crippen LogP contribution in [0.25, 0.3) is 0 Å². The zero-order valence-electron chi connectivity index (χ0n) is 12.1. The highest BCUT2D eigenvalue weighted by Gasteiger charge is 2.16. The molecule has 5 nitrogen and oxygen atoms in total. The fourth-order valence-electron chi connectivity index (χ4n) is 1.57. The number of hydrogen-bond donors (Lipinski definition) is 2. The van der Waals surface area contributed by atoms with Crippen LogP contribution in [0.2, 0.25) is 0 Å². The third-order valence-electron chi connectivity index (χ3n) is 2.34. The number of hydrogen-bond acceptors (Lipinski definition) is 4. The van der Waals surface area contributed by atoms with Crippen LogP contribution in [0.5, 0.6) is 0 Å². The van der Waals surface area contributed by atoms with E-state index < -0.39 is 11.7 Å². The molecule has 1 amide bonds. The maximum atomic E-state index is 11.6. The predicted octanol–water partition coefficient (Wildman–Crippen LogP) is 3.04. The fraction of sp³-hybridized carbons (Fsp3) is 0.500. The molecule has 0 aliphatic rings. The van der Waals surface area contributed by atoms with E-state index in [1.165, 1.54) is 0 Å². The Labute approximate surface area is 124 Å². The molecule has 0 unspecified atom stereocenters. The number of rotatable bonds is 5. The Morgan fingerprint density at radius 3 is 2.80 bits per heavy atom. The van der Waals surface area contributed by atoms with Gasteiger partial charge in [0.25, 0.3) is 0 Å². The molecule has 0 atom stereocenters. The summed E-state index contributed by atoms with van der Waals surface area (Å²) in [5.74, 6) is 0.479. The Morgan fingerprint density at radius 1 is 1.50 bits per heavy atom. The van der Waals surface area contributed by atoms with Gasteiger partial charge >= 0.3 is 6.09 Å². The minimum atomic E-state index is -0.529. The maximum Gasteiger partial charge on any atom is 0.413 e. The molecule has 110 valence electrons. The number of amides is 1. The third-order valence-corrected chi connectivity index (χ3v) is 2.55. The monoisotopic (exact) mass is 295 g/mol. The molecular formula is C14H21N3O2S. The lowest BCUT2D eigenvalue weighted by Crippen LogP contribution is -2.27. The summed E-state index contributed by atoms with van der Waals surface area (Å²) in [7, 11) is 0. The molecule has 1 aromatic rings. The number of pyridine rings is 1. The molecule has 0 aliphatic heterocycles. The Morgan fingerprint density at radius 2 is 2.20 bits per heavy atom. The van der Waals surface area contributed by atoms with Crippen LogP contribution in [0.1, 0.15) is 39.2 Å². The van der Waals surface area contributed by atoms with Gasteiger partial charge in [-0.25, -0.2) is 9.78 Å². The van der Waals surface area contributed by atoms with E-state index >= 15 is 0 Å². The second-order valence-electron chi connectivity index (χ2n) is 5.50. The third kappa shape index (κ3) is 7.04. The minimum absolute atomic E-state index is 0.479. The van der Waals surface area contributed by atoms with Crippen molar-refractivity contribution in [2.45, 2.75) is 45.6 Å². The molecule has 0 aliphatic carbocycles. The smallest absolute Gasteiger partial charge is 0.413 e. The maximum absolute atomic E-state index is 11.6. The summed E-state index contributed by atoms with van der Waals surface area (Å²) in [6.45, 7) is 5.43. The van der Waals surface area contributed by atoms with Gasteiger partial charge < -0.3 is 10.5 Å². The number of anilines is 1. The minimum Gasteiger partial charge on any atom is -0.444 e. The van der Waals surface area contributed by atoms with E-state index in [0.29, 0.717) is 17.2 Å². The van der Waals surface area contributed by atoms with Crippen LogP contribution in [0.4, 0.5) is 10.6 Å². The van der Waals surface area contributed by atoms with Crippen molar-refractivity contribution in [2.75, 3.05) is 5.32 Å². The molecule has 20 heavy (non-hydrogen) atoms. The quantitative estimate of drug-likeness (QED) is 0.816. The first-order valence-corrected chi connectivity index (χ1v) is 6.90. The molecule has 0 spiro atoms. The van der Waals surface area contributed by atoms with E-state index in [9.17, 15) is 4.79 Å². The molecule has 0 saturated carbocycles. The van der Waals surface area contributed by atoms with Crippen molar-refractivity contribution in [3.8, 4) is 0 Å². The number of nitrogens with zero attached hydrogens (tertiary/aromatic N) is 1. The lowest BCUT2D eigenvalue weighted by Gasteiger charge is -2.19. The van der Waals surface area contributed by atoms with E-state index in [-0.39, 0.29) is 0 Å². The average molecular weight is 295 g/mol. The van der Waals surface area contributed by atoms with E-state index in [4.69, 9.17) is 22.7 Å². The number of aryl methyl sites for hydroxylation is 1. The molecular weight excluding hydrogens is 274 g/mol. The largest absolute Gasteiger partial charge is 0.444 e. The summed E-state index contributed by atoms with van der Waals surface area (Å²) in [6, 6.07) is 3.73. The Bertz CT molecular complexity index is 484. The normalized spacial score (nSPS) is 10.9. The second-order valence-corrected chi connectivity index (χ2v) is 6.02. The van der Waals surface area contributed by atoms with Gasteiger partial charge in [-0.2, -0.15) is 0 Å². The first-order chi connectivity index (χ1) is 9.26. The van der Waals surface area contributed by atoms with Crippen LogP contribution < -0.4 is 11.1 Å². The molecule has 0 bridgehead atoms. The predicted molar refractivity (Wildman–Crippen MR) is 83.8 cm³/mol. The van der Waals surface area contributed by atoms with Gasteiger partial charge in [-0.3, -0.25) is 5.32 Å². The van der Waals surface area contributed by atoms with Crippen LogP contribution in [0.15, 0.2) is 18.3 Å². The van der Waals surface area contributed by atoms with Gasteiger partial charge in [0.2, 0.25) is 0 Å². The van der Waals surface area contributed by atoms with Crippen molar-refractivity contribution in [1.29, 1.82) is 0 Å². The zero-order valence-corrected chi connectivity index (χ0v) is 12.9. The molecule has 0 saturated heterocycles. The molecule has 0 fully saturated rings. The number of carbonyl (C=O) groups excluding carboxylic acids is 1. The first kappa shape index (κ1) is 16.4. The van der Waals surface area contributed by atoms with Gasteiger partial charge in [0.15, 0.2) is 0 Å². The van der Waals surface area contributed by atoms with E-state index in [1.807, 2.05) is 32.9 Å². The van der Waals surface area contributed by atoms with E-state index in [1.54, 1.807) is 6.20 Å². The standard InChI is InChI=1S/C14H21N3O2S/c1-14(2,3)19-13(18)17-12-9-10(7-8-16-12)5-4-6-11(15)20/h7-9H,4-6H2,1-3H3,(H2,15,20)(H,16,17,18). The van der Waals surface area contributed by atoms with E-state index in [0.717, 1.165) is 18.4 Å². The van der Waals surface area contributed by atoms with Gasteiger partial charge in [-0.05, 0) is 57.7 Å². The van der Waals surface area contributed by atoms with Gasteiger partial charge in [0.1, 0.15) is 11.4 Å². The number of thiocarbonyl (C=S) groups is 1. The summed E-state index contributed by atoms with van der Waals surface area (Å²) < 4.78 is 5.17. The van der Waals surface area contributed by atoms with Crippen LogP contribution >= 0.6 is 12.2 Å². The molecule has 0 radical (unpaired) electrons. The first-order valence-electron chi connectivity index (χ1n) is 6.49. The fourth-order valence-corrected chi connectivity index (χ4v) is 1.72. The Kier molecular flexibility index (Phi) is 5.88. The summed E-state index contributed by atoms with van der Waals surface area (Å²) >= 11 is 4.84. The van der Waals surface area contributed by atoms with E-state index in [2.05, 4.69) is 10.3 Å². The zero-order chi connectivity index (χ0) is 15.2. The van der Waals surface area contributed by atoms with Crippen molar-refractivity contribution in [2.24, 2.45) is 5.73 Å². The van der Waals surface area contributed by atoms with Crippen LogP contribution in [-0.2, 0) is 11.2 Å². The lowest BCUT2D eigenvalue weighted by atomic mass is 10.1. The summed E-state index contributed by atoms with van der Waals surface area (Å²) in [5.41, 5.74) is 6.00. The summed E-state index contributed by atoms with van der Waals surface area (Å²) in [6.07, 6.45) is 3.58. The highest BCUT2D eigenvalue weighted by Crippen LogP contribution is 2.12. The molecule has 1 rings (SSSR count). The topological polar surface area (TPSA) is 77.2 Å². The van der Waals surface area contributed by atoms with Crippen molar-refractivity contribution in [3.63, 3.8) is 0 Å². The molecule has 1 aromatic heterocycles. The Balaban J connectivity index is 2.55. The summed E-state index contributed by atoms with van der Waals surface area (Å²) in [4.78, 5) is 16.2. The van der Waals surface area contributed by atoms with Crippen molar-refractivity contribution < 1.29 is 9.53 Å². The van der Waals surface area contributed by atoms with Crippen LogP contribution in [-0.4, -0.2) is 21.7 Å². The number of nitrogens with two attached hydrogens (primary N) is 1. The Hall–Kier alpha value is -1.69. The number of ether oxygens (including phenoxy) is 1. The average Bonchev–Trinajstić information content (AvgIpc) is 2.26. The van der Waals surface area contributed by atoms with Gasteiger partial charge in [0.05, 0.1) is 4.99 Å². The lowest BCUT2D eigenvalue weighted by molar-refractivity contribution is 0.0635. The molecule has 3 N–H and O–H groups in total. The van der Waals surface area contributed by atoms with Crippen molar-refractivity contribution in [3.05, 3.63) is 23.9 Å². The molecule has 0 aromatic carbocycles. The summed E-state index contributed by atoms with van der Waals surface area (Å²) in [5, 5.41) is 2.62. The molecule has 6 heteroatoms. The number of nitrogens with one attached hydrogen (secondary N) is 1. The highest BCUT2D eigenvalue weighted by molar-refractivity contribution is 7.80. The van der Waals surface area contributed by atoms with Gasteiger partial charge in [-0.15, -0.1) is 0 Å². The van der Waals surface area contributed by atoms with Gasteiger partial charge in [-0.1, -0.05) is 12.2 Å². The van der Waals surface area contributed by atoms with Crippen molar-refractivity contribution >= 4 is 29.1 Å². The SMILES string of the molecule is CC(C)(C)OC(=O)Nc1cc(CCCC(N)=S)ccn1. The van der Waals surface area contributed by atoms with Gasteiger partial charge in [0, 0.05) is 6.20 Å². The second kappa shape index (κ2) is 7.19. The molecule has 1 heterocycles. The van der Waals surface area contributed by atoms with Crippen LogP contribution in [0, 0.1) is 0 Å². The number of carbonyl (C=O) groups is 1.